The SMILES string of the molecule is CCCCCCSC(Br)=CCOC(C)=O. The van der Waals surface area contributed by atoms with Crippen molar-refractivity contribution in [3.63, 3.8) is 0 Å². The Balaban J connectivity index is 3.38. The third kappa shape index (κ3) is 12.0. The van der Waals surface area contributed by atoms with E-state index in [0.29, 0.717) is 6.61 Å². The van der Waals surface area contributed by atoms with Gasteiger partial charge in [-0.25, -0.2) is 0 Å². The molecule has 2 nitrogen and oxygen atoms in total. The Morgan fingerprint density at radius 3 is 2.73 bits per heavy atom. The standard InChI is InChI=1S/C11H19BrO2S/c1-3-4-5-6-9-15-11(12)7-8-14-10(2)13/h7H,3-6,8-9H2,1-2H3. The van der Waals surface area contributed by atoms with E-state index in [-0.39, 0.29) is 5.97 Å². The van der Waals surface area contributed by atoms with E-state index in [2.05, 4.69) is 22.9 Å². The highest BCUT2D eigenvalue weighted by atomic mass is 79.9. The van der Waals surface area contributed by atoms with Crippen LogP contribution >= 0.6 is 27.7 Å². The first-order chi connectivity index (χ1) is 7.16. The first kappa shape index (κ1) is 15.0. The lowest BCUT2D eigenvalue weighted by atomic mass is 10.2. The average Bonchev–Trinajstić information content (AvgIpc) is 2.17. The van der Waals surface area contributed by atoms with Gasteiger partial charge >= 0.3 is 5.97 Å². The van der Waals surface area contributed by atoms with Crippen LogP contribution < -0.4 is 0 Å². The lowest BCUT2D eigenvalue weighted by molar-refractivity contribution is -0.139. The van der Waals surface area contributed by atoms with E-state index in [1.807, 2.05) is 6.08 Å². The summed E-state index contributed by atoms with van der Waals surface area (Å²) < 4.78 is 5.85. The second kappa shape index (κ2) is 10.6. The van der Waals surface area contributed by atoms with Crippen molar-refractivity contribution in [1.29, 1.82) is 0 Å². The van der Waals surface area contributed by atoms with Crippen LogP contribution in [0.15, 0.2) is 9.89 Å². The van der Waals surface area contributed by atoms with E-state index >= 15 is 0 Å². The van der Waals surface area contributed by atoms with E-state index < -0.39 is 0 Å². The maximum atomic E-state index is 10.5. The molecule has 0 N–H and O–H groups in total. The molecule has 0 aliphatic rings. The molecule has 4 heteroatoms. The van der Waals surface area contributed by atoms with Crippen molar-refractivity contribution >= 4 is 33.7 Å². The second-order valence-electron chi connectivity index (χ2n) is 3.22. The Morgan fingerprint density at radius 1 is 1.40 bits per heavy atom. The van der Waals surface area contributed by atoms with Crippen molar-refractivity contribution in [2.75, 3.05) is 12.4 Å². The molecule has 0 radical (unpaired) electrons. The zero-order valence-corrected chi connectivity index (χ0v) is 11.8. The molecule has 0 amide bonds. The quantitative estimate of drug-likeness (QED) is 0.498. The van der Waals surface area contributed by atoms with E-state index in [1.54, 1.807) is 11.8 Å². The molecule has 0 aromatic rings. The normalized spacial score (nSPS) is 11.5. The van der Waals surface area contributed by atoms with Crippen molar-refractivity contribution in [1.82, 2.24) is 0 Å². The summed E-state index contributed by atoms with van der Waals surface area (Å²) in [5.41, 5.74) is 0. The molecule has 0 saturated carbocycles. The zero-order chi connectivity index (χ0) is 11.5. The molecule has 0 unspecified atom stereocenters. The number of halogens is 1. The van der Waals surface area contributed by atoms with Crippen LogP contribution in [-0.2, 0) is 9.53 Å². The summed E-state index contributed by atoms with van der Waals surface area (Å²) in [5, 5.41) is 0. The number of ether oxygens (including phenoxy) is 1. The molecule has 0 aliphatic carbocycles. The van der Waals surface area contributed by atoms with Gasteiger partial charge in [-0.2, -0.15) is 0 Å². The van der Waals surface area contributed by atoms with Crippen LogP contribution in [0.4, 0.5) is 0 Å². The third-order valence-electron chi connectivity index (χ3n) is 1.77. The van der Waals surface area contributed by atoms with Crippen molar-refractivity contribution < 1.29 is 9.53 Å². The van der Waals surface area contributed by atoms with Crippen LogP contribution in [0.3, 0.4) is 0 Å². The summed E-state index contributed by atoms with van der Waals surface area (Å²) >= 11 is 5.19. The zero-order valence-electron chi connectivity index (χ0n) is 9.42. The highest BCUT2D eigenvalue weighted by molar-refractivity contribution is 9.14. The van der Waals surface area contributed by atoms with Crippen molar-refractivity contribution in [3.8, 4) is 0 Å². The Bertz CT molecular complexity index is 205. The van der Waals surface area contributed by atoms with Crippen LogP contribution in [0.25, 0.3) is 0 Å². The third-order valence-corrected chi connectivity index (χ3v) is 3.71. The minimum absolute atomic E-state index is 0.237. The Labute approximate surface area is 105 Å². The van der Waals surface area contributed by atoms with E-state index in [1.165, 1.54) is 32.6 Å². The van der Waals surface area contributed by atoms with Gasteiger partial charge in [0.1, 0.15) is 6.61 Å². The smallest absolute Gasteiger partial charge is 0.302 e. The van der Waals surface area contributed by atoms with Crippen LogP contribution in [-0.4, -0.2) is 18.3 Å². The molecule has 0 aromatic carbocycles. The molecule has 0 heterocycles. The van der Waals surface area contributed by atoms with Crippen molar-refractivity contribution in [2.45, 2.75) is 39.5 Å². The summed E-state index contributed by atoms with van der Waals surface area (Å²) in [5.74, 6) is 0.886. The van der Waals surface area contributed by atoms with Gasteiger partial charge in [0.2, 0.25) is 0 Å². The average molecular weight is 295 g/mol. The Morgan fingerprint density at radius 2 is 2.13 bits per heavy atom. The van der Waals surface area contributed by atoms with Gasteiger partial charge in [-0.1, -0.05) is 26.2 Å². The maximum Gasteiger partial charge on any atom is 0.302 e. The molecule has 0 spiro atoms. The van der Waals surface area contributed by atoms with Crippen LogP contribution in [0.1, 0.15) is 39.5 Å². The van der Waals surface area contributed by atoms with Gasteiger partial charge in [0.15, 0.2) is 0 Å². The lowest BCUT2D eigenvalue weighted by Crippen LogP contribution is -1.97. The van der Waals surface area contributed by atoms with E-state index in [4.69, 9.17) is 4.74 Å². The minimum Gasteiger partial charge on any atom is -0.462 e. The molecule has 0 fully saturated rings. The van der Waals surface area contributed by atoms with Crippen molar-refractivity contribution in [2.24, 2.45) is 0 Å². The summed E-state index contributed by atoms with van der Waals surface area (Å²) in [4.78, 5) is 10.5. The number of carbonyl (C=O) groups excluding carboxylic acids is 1. The topological polar surface area (TPSA) is 26.3 Å². The molecule has 0 rings (SSSR count). The second-order valence-corrected chi connectivity index (χ2v) is 5.74. The monoisotopic (exact) mass is 294 g/mol. The van der Waals surface area contributed by atoms with Gasteiger partial charge < -0.3 is 4.74 Å². The van der Waals surface area contributed by atoms with Gasteiger partial charge in [0, 0.05) is 10.7 Å². The number of thioether (sulfide) groups is 1. The van der Waals surface area contributed by atoms with E-state index in [9.17, 15) is 4.79 Å². The summed E-state index contributed by atoms with van der Waals surface area (Å²) in [6.07, 6.45) is 7.01. The number of esters is 1. The highest BCUT2D eigenvalue weighted by Gasteiger charge is 1.95. The van der Waals surface area contributed by atoms with Crippen LogP contribution in [0, 0.1) is 0 Å². The lowest BCUT2D eigenvalue weighted by Gasteiger charge is -2.00. The highest BCUT2D eigenvalue weighted by Crippen LogP contribution is 2.23. The largest absolute Gasteiger partial charge is 0.462 e. The molecular weight excluding hydrogens is 276 g/mol. The van der Waals surface area contributed by atoms with Crippen LogP contribution in [0.5, 0.6) is 0 Å². The molecular formula is C11H19BrO2S. The molecule has 0 aromatic heterocycles. The Kier molecular flexibility index (Phi) is 10.6. The fourth-order valence-corrected chi connectivity index (χ4v) is 2.33. The predicted molar refractivity (Wildman–Crippen MR) is 70.2 cm³/mol. The van der Waals surface area contributed by atoms with Crippen molar-refractivity contribution in [3.05, 3.63) is 9.89 Å². The molecule has 15 heavy (non-hydrogen) atoms. The molecule has 0 aliphatic heterocycles. The van der Waals surface area contributed by atoms with Gasteiger partial charge in [0.05, 0.1) is 0 Å². The van der Waals surface area contributed by atoms with Crippen LogP contribution in [0.2, 0.25) is 0 Å². The molecule has 88 valence electrons. The number of carbonyl (C=O) groups is 1. The maximum absolute atomic E-state index is 10.5. The summed E-state index contributed by atoms with van der Waals surface area (Å²) in [6.45, 7) is 3.99. The summed E-state index contributed by atoms with van der Waals surface area (Å²) in [7, 11) is 0. The minimum atomic E-state index is -0.237. The molecule has 0 bridgehead atoms. The Hall–Kier alpha value is 0.0400. The molecule has 0 atom stereocenters. The van der Waals surface area contributed by atoms with Gasteiger partial charge in [0.25, 0.3) is 0 Å². The fraction of sp³-hybridized carbons (Fsp3) is 0.727. The number of hydrogen-bond acceptors (Lipinski definition) is 3. The van der Waals surface area contributed by atoms with Gasteiger partial charge in [-0.3, -0.25) is 4.79 Å². The number of hydrogen-bond donors (Lipinski definition) is 0. The number of unbranched alkanes of at least 4 members (excludes halogenated alkanes) is 3. The first-order valence-corrected chi connectivity index (χ1v) is 7.06. The molecule has 0 saturated heterocycles. The van der Waals surface area contributed by atoms with E-state index in [0.717, 1.165) is 9.57 Å². The fourth-order valence-electron chi connectivity index (χ4n) is 0.982. The summed E-state index contributed by atoms with van der Waals surface area (Å²) in [6, 6.07) is 0. The van der Waals surface area contributed by atoms with Gasteiger partial charge in [-0.15, -0.1) is 11.8 Å². The van der Waals surface area contributed by atoms with Gasteiger partial charge in [-0.05, 0) is 34.2 Å². The predicted octanol–water partition coefficient (Wildman–Crippen LogP) is 4.10. The number of rotatable bonds is 8. The first-order valence-electron chi connectivity index (χ1n) is 5.28.